The molecule has 2 heterocycles. The van der Waals surface area contributed by atoms with Gasteiger partial charge in [-0.1, -0.05) is 18.9 Å². The highest BCUT2D eigenvalue weighted by atomic mass is 32.2. The third-order valence-electron chi connectivity index (χ3n) is 5.26. The third-order valence-corrected chi connectivity index (χ3v) is 6.65. The molecule has 1 aromatic carbocycles. The summed E-state index contributed by atoms with van der Waals surface area (Å²) in [5, 5.41) is 0. The van der Waals surface area contributed by atoms with Crippen molar-refractivity contribution in [2.24, 2.45) is 0 Å². The van der Waals surface area contributed by atoms with Gasteiger partial charge in [0, 0.05) is 24.4 Å². The lowest BCUT2D eigenvalue weighted by Crippen LogP contribution is -2.39. The maximum absolute atomic E-state index is 12.6. The molecule has 1 N–H and O–H groups in total. The highest BCUT2D eigenvalue weighted by Crippen LogP contribution is 2.44. The van der Waals surface area contributed by atoms with E-state index in [2.05, 4.69) is 9.71 Å². The maximum atomic E-state index is 12.6. The van der Waals surface area contributed by atoms with Crippen LogP contribution in [0, 0.1) is 0 Å². The zero-order valence-electron chi connectivity index (χ0n) is 14.5. The van der Waals surface area contributed by atoms with Crippen LogP contribution in [0.15, 0.2) is 47.6 Å². The molecule has 0 atom stereocenters. The minimum Gasteiger partial charge on any atom is -0.486 e. The number of ether oxygens (including phenoxy) is 2. The van der Waals surface area contributed by atoms with Crippen molar-refractivity contribution in [1.82, 2.24) is 9.71 Å². The second kappa shape index (κ2) is 6.89. The van der Waals surface area contributed by atoms with Crippen LogP contribution in [0.2, 0.25) is 0 Å². The van der Waals surface area contributed by atoms with Crippen molar-refractivity contribution in [2.45, 2.75) is 36.0 Å². The Morgan fingerprint density at radius 2 is 1.85 bits per heavy atom. The molecule has 4 rings (SSSR count). The molecule has 7 heteroatoms. The molecule has 1 aliphatic heterocycles. The number of hydrogen-bond acceptors (Lipinski definition) is 5. The fourth-order valence-corrected chi connectivity index (χ4v) is 4.91. The zero-order chi connectivity index (χ0) is 18.0. The number of nitrogens with zero attached hydrogens (tertiary/aromatic N) is 1. The van der Waals surface area contributed by atoms with Crippen LogP contribution in [0.25, 0.3) is 0 Å². The van der Waals surface area contributed by atoms with Crippen molar-refractivity contribution >= 4 is 10.0 Å². The van der Waals surface area contributed by atoms with Gasteiger partial charge in [-0.25, -0.2) is 13.1 Å². The molecule has 0 radical (unpaired) electrons. The summed E-state index contributed by atoms with van der Waals surface area (Å²) in [4.78, 5) is 4.09. The van der Waals surface area contributed by atoms with Gasteiger partial charge in [-0.15, -0.1) is 0 Å². The first-order chi connectivity index (χ1) is 12.6. The Labute approximate surface area is 153 Å². The molecular weight excluding hydrogens is 352 g/mol. The highest BCUT2D eigenvalue weighted by Gasteiger charge is 2.37. The average molecular weight is 374 g/mol. The number of nitrogens with one attached hydrogen (secondary N) is 1. The lowest BCUT2D eigenvalue weighted by atomic mass is 9.79. The van der Waals surface area contributed by atoms with Crippen molar-refractivity contribution in [3.05, 3.63) is 48.3 Å². The van der Waals surface area contributed by atoms with Gasteiger partial charge in [0.2, 0.25) is 10.0 Å². The van der Waals surface area contributed by atoms with Gasteiger partial charge < -0.3 is 9.47 Å². The van der Waals surface area contributed by atoms with E-state index in [1.807, 2.05) is 18.2 Å². The molecule has 1 aliphatic carbocycles. The minimum atomic E-state index is -3.58. The second-order valence-electron chi connectivity index (χ2n) is 6.86. The van der Waals surface area contributed by atoms with Crippen LogP contribution in [0.1, 0.15) is 31.2 Å². The molecule has 138 valence electrons. The van der Waals surface area contributed by atoms with Crippen molar-refractivity contribution in [1.29, 1.82) is 0 Å². The molecule has 2 aromatic rings. The van der Waals surface area contributed by atoms with Crippen molar-refractivity contribution < 1.29 is 17.9 Å². The minimum absolute atomic E-state index is 0.190. The van der Waals surface area contributed by atoms with Gasteiger partial charge in [0.25, 0.3) is 0 Å². The maximum Gasteiger partial charge on any atom is 0.242 e. The topological polar surface area (TPSA) is 77.5 Å². The monoisotopic (exact) mass is 374 g/mol. The van der Waals surface area contributed by atoms with E-state index in [0.717, 1.165) is 42.7 Å². The Balaban J connectivity index is 1.59. The van der Waals surface area contributed by atoms with Crippen molar-refractivity contribution in [3.8, 4) is 11.5 Å². The zero-order valence-corrected chi connectivity index (χ0v) is 15.3. The van der Waals surface area contributed by atoms with Gasteiger partial charge in [0.1, 0.15) is 18.1 Å². The highest BCUT2D eigenvalue weighted by molar-refractivity contribution is 7.89. The molecule has 0 spiro atoms. The van der Waals surface area contributed by atoms with Gasteiger partial charge in [-0.3, -0.25) is 4.98 Å². The number of fused-ring (bicyclic) bond motifs is 1. The van der Waals surface area contributed by atoms with Crippen LogP contribution in [-0.2, 0) is 15.4 Å². The molecule has 26 heavy (non-hydrogen) atoms. The van der Waals surface area contributed by atoms with E-state index < -0.39 is 10.0 Å². The van der Waals surface area contributed by atoms with E-state index in [1.54, 1.807) is 18.3 Å². The predicted molar refractivity (Wildman–Crippen MR) is 97.0 cm³/mol. The summed E-state index contributed by atoms with van der Waals surface area (Å²) in [6.07, 6.45) is 7.00. The summed E-state index contributed by atoms with van der Waals surface area (Å²) in [6, 6.07) is 9.16. The summed E-state index contributed by atoms with van der Waals surface area (Å²) < 4.78 is 39.3. The van der Waals surface area contributed by atoms with E-state index in [0.29, 0.717) is 19.8 Å². The van der Waals surface area contributed by atoms with Crippen LogP contribution in [-0.4, -0.2) is 33.2 Å². The van der Waals surface area contributed by atoms with Gasteiger partial charge in [-0.05, 0) is 42.7 Å². The Hall–Kier alpha value is -2.12. The number of aromatic nitrogens is 1. The van der Waals surface area contributed by atoms with Crippen molar-refractivity contribution in [3.63, 3.8) is 0 Å². The molecule has 0 bridgehead atoms. The van der Waals surface area contributed by atoms with Gasteiger partial charge in [-0.2, -0.15) is 0 Å². The van der Waals surface area contributed by atoms with Gasteiger partial charge in [0.05, 0.1) is 0 Å². The van der Waals surface area contributed by atoms with Crippen LogP contribution >= 0.6 is 0 Å². The summed E-state index contributed by atoms with van der Waals surface area (Å²) in [6.45, 7) is 1.46. The number of hydrogen-bond donors (Lipinski definition) is 1. The molecule has 1 aromatic heterocycles. The quantitative estimate of drug-likeness (QED) is 0.871. The molecule has 0 saturated heterocycles. The van der Waals surface area contributed by atoms with E-state index >= 15 is 0 Å². The van der Waals surface area contributed by atoms with Crippen molar-refractivity contribution in [2.75, 3.05) is 19.8 Å². The molecule has 1 fully saturated rings. The lowest BCUT2D eigenvalue weighted by molar-refractivity contribution is 0.171. The van der Waals surface area contributed by atoms with Crippen LogP contribution < -0.4 is 14.2 Å². The largest absolute Gasteiger partial charge is 0.486 e. The summed E-state index contributed by atoms with van der Waals surface area (Å²) in [5.74, 6) is 1.50. The van der Waals surface area contributed by atoms with E-state index in [1.165, 1.54) is 6.20 Å². The first-order valence-corrected chi connectivity index (χ1v) is 10.4. The van der Waals surface area contributed by atoms with Crippen LogP contribution in [0.3, 0.4) is 0 Å². The van der Waals surface area contributed by atoms with Crippen LogP contribution in [0.5, 0.6) is 11.5 Å². The Morgan fingerprint density at radius 1 is 1.08 bits per heavy atom. The first kappa shape index (κ1) is 17.3. The smallest absolute Gasteiger partial charge is 0.242 e. The number of pyridine rings is 1. The predicted octanol–water partition coefficient (Wildman–Crippen LogP) is 2.64. The SMILES string of the molecule is O=S(=O)(NCC1(c2ccc3c(c2)OCCO3)CCCC1)c1cccnc1. The average Bonchev–Trinajstić information content (AvgIpc) is 3.17. The molecular formula is C19H22N2O4S. The summed E-state index contributed by atoms with van der Waals surface area (Å²) in [5.41, 5.74) is 0.888. The van der Waals surface area contributed by atoms with Crippen LogP contribution in [0.4, 0.5) is 0 Å². The van der Waals surface area contributed by atoms with E-state index in [9.17, 15) is 8.42 Å². The Morgan fingerprint density at radius 3 is 2.58 bits per heavy atom. The first-order valence-electron chi connectivity index (χ1n) is 8.89. The summed E-state index contributed by atoms with van der Waals surface area (Å²) in [7, 11) is -3.58. The molecule has 0 amide bonds. The van der Waals surface area contributed by atoms with Gasteiger partial charge in [0.15, 0.2) is 11.5 Å². The number of benzene rings is 1. The fourth-order valence-electron chi connectivity index (χ4n) is 3.82. The summed E-state index contributed by atoms with van der Waals surface area (Å²) >= 11 is 0. The fraction of sp³-hybridized carbons (Fsp3) is 0.421. The van der Waals surface area contributed by atoms with E-state index in [-0.39, 0.29) is 10.3 Å². The molecule has 1 saturated carbocycles. The molecule has 2 aliphatic rings. The Bertz CT molecular complexity index is 878. The molecule has 0 unspecified atom stereocenters. The van der Waals surface area contributed by atoms with E-state index in [4.69, 9.17) is 9.47 Å². The van der Waals surface area contributed by atoms with Gasteiger partial charge >= 0.3 is 0 Å². The molecule has 6 nitrogen and oxygen atoms in total. The lowest BCUT2D eigenvalue weighted by Gasteiger charge is -2.31. The third kappa shape index (κ3) is 3.29. The standard InChI is InChI=1S/C19H22N2O4S/c22-26(23,16-4-3-9-20-13-16)21-14-19(7-1-2-8-19)15-5-6-17-18(12-15)25-11-10-24-17/h3-6,9,12-13,21H,1-2,7-8,10-11,14H2. The Kier molecular flexibility index (Phi) is 4.58. The number of sulfonamides is 1. The second-order valence-corrected chi connectivity index (χ2v) is 8.63. The number of rotatable bonds is 5. The normalized spacial score (nSPS) is 18.6.